The Hall–Kier alpha value is -0.790. The first-order valence-corrected chi connectivity index (χ1v) is 14.6. The lowest BCUT2D eigenvalue weighted by atomic mass is 10.0. The number of ether oxygens (including phenoxy) is 1. The van der Waals surface area contributed by atoms with Crippen molar-refractivity contribution in [2.24, 2.45) is 0 Å². The topological polar surface area (TPSA) is 26.3 Å². The Labute approximate surface area is 202 Å². The molecule has 0 heterocycles. The molecule has 0 spiro atoms. The van der Waals surface area contributed by atoms with Gasteiger partial charge in [-0.25, -0.2) is 0 Å². The summed E-state index contributed by atoms with van der Waals surface area (Å²) in [5.41, 5.74) is 0. The van der Waals surface area contributed by atoms with Gasteiger partial charge in [0.2, 0.25) is 0 Å². The SMILES string of the molecule is CCC/C=C\CCCCCCCCC(=O)OCCCCCCCCCCCCCCCC. The Kier molecular flexibility index (Phi) is 27.5. The second kappa shape index (κ2) is 28.2. The summed E-state index contributed by atoms with van der Waals surface area (Å²) in [5.74, 6) is 0.0146. The maximum absolute atomic E-state index is 11.8. The molecular formula is C30H58O2. The molecule has 0 N–H and O–H groups in total. The van der Waals surface area contributed by atoms with Crippen molar-refractivity contribution in [3.05, 3.63) is 12.2 Å². The van der Waals surface area contributed by atoms with E-state index in [1.807, 2.05) is 0 Å². The molecule has 0 aromatic rings. The summed E-state index contributed by atoms with van der Waals surface area (Å²) in [7, 11) is 0. The zero-order valence-corrected chi connectivity index (χ0v) is 22.1. The second-order valence-corrected chi connectivity index (χ2v) is 9.74. The van der Waals surface area contributed by atoms with E-state index >= 15 is 0 Å². The first-order chi connectivity index (χ1) is 15.8. The van der Waals surface area contributed by atoms with Gasteiger partial charge in [-0.15, -0.1) is 0 Å². The number of hydrogen-bond donors (Lipinski definition) is 0. The molecule has 190 valence electrons. The van der Waals surface area contributed by atoms with Gasteiger partial charge in [-0.05, 0) is 32.1 Å². The summed E-state index contributed by atoms with van der Waals surface area (Å²) in [6.07, 6.45) is 35.3. The van der Waals surface area contributed by atoms with Gasteiger partial charge in [0.25, 0.3) is 0 Å². The van der Waals surface area contributed by atoms with Gasteiger partial charge >= 0.3 is 5.97 Å². The molecular weight excluding hydrogens is 392 g/mol. The van der Waals surface area contributed by atoms with Crippen LogP contribution in [0.4, 0.5) is 0 Å². The van der Waals surface area contributed by atoms with Crippen molar-refractivity contribution in [3.8, 4) is 0 Å². The van der Waals surface area contributed by atoms with E-state index in [4.69, 9.17) is 4.74 Å². The third-order valence-corrected chi connectivity index (χ3v) is 6.38. The first kappa shape index (κ1) is 31.2. The van der Waals surface area contributed by atoms with Gasteiger partial charge < -0.3 is 4.74 Å². The first-order valence-electron chi connectivity index (χ1n) is 14.6. The summed E-state index contributed by atoms with van der Waals surface area (Å²) in [6, 6.07) is 0. The van der Waals surface area contributed by atoms with Crippen LogP contribution >= 0.6 is 0 Å². The highest BCUT2D eigenvalue weighted by molar-refractivity contribution is 5.69. The highest BCUT2D eigenvalue weighted by atomic mass is 16.5. The van der Waals surface area contributed by atoms with Crippen LogP contribution in [-0.4, -0.2) is 12.6 Å². The molecule has 0 radical (unpaired) electrons. The van der Waals surface area contributed by atoms with Gasteiger partial charge in [0.15, 0.2) is 0 Å². The van der Waals surface area contributed by atoms with Crippen LogP contribution in [0.3, 0.4) is 0 Å². The second-order valence-electron chi connectivity index (χ2n) is 9.74. The van der Waals surface area contributed by atoms with Gasteiger partial charge in [-0.1, -0.05) is 142 Å². The molecule has 0 bridgehead atoms. The Morgan fingerprint density at radius 2 is 0.938 bits per heavy atom. The number of allylic oxidation sites excluding steroid dienone is 2. The summed E-state index contributed by atoms with van der Waals surface area (Å²) < 4.78 is 5.39. The van der Waals surface area contributed by atoms with Gasteiger partial charge in [-0.3, -0.25) is 4.79 Å². The van der Waals surface area contributed by atoms with Crippen LogP contribution in [0.1, 0.15) is 168 Å². The van der Waals surface area contributed by atoms with E-state index < -0.39 is 0 Å². The predicted molar refractivity (Wildman–Crippen MR) is 142 cm³/mol. The van der Waals surface area contributed by atoms with Crippen LogP contribution in [0.25, 0.3) is 0 Å². The molecule has 0 saturated heterocycles. The number of carbonyl (C=O) groups excluding carboxylic acids is 1. The minimum absolute atomic E-state index is 0.0146. The van der Waals surface area contributed by atoms with Crippen molar-refractivity contribution in [3.63, 3.8) is 0 Å². The number of hydrogen-bond acceptors (Lipinski definition) is 2. The molecule has 0 aliphatic rings. The molecule has 2 heteroatoms. The van der Waals surface area contributed by atoms with Crippen LogP contribution < -0.4 is 0 Å². The van der Waals surface area contributed by atoms with E-state index in [-0.39, 0.29) is 5.97 Å². The average molecular weight is 451 g/mol. The molecule has 2 nitrogen and oxygen atoms in total. The number of carbonyl (C=O) groups is 1. The monoisotopic (exact) mass is 450 g/mol. The highest BCUT2D eigenvalue weighted by Gasteiger charge is 2.02. The average Bonchev–Trinajstić information content (AvgIpc) is 2.80. The van der Waals surface area contributed by atoms with E-state index in [0.717, 1.165) is 12.8 Å². The number of rotatable bonds is 26. The van der Waals surface area contributed by atoms with Gasteiger partial charge in [0.05, 0.1) is 6.61 Å². The Bertz CT molecular complexity index is 388. The zero-order valence-electron chi connectivity index (χ0n) is 22.1. The fourth-order valence-corrected chi connectivity index (χ4v) is 4.20. The molecule has 0 aromatic carbocycles. The summed E-state index contributed by atoms with van der Waals surface area (Å²) in [5, 5.41) is 0. The number of esters is 1. The summed E-state index contributed by atoms with van der Waals surface area (Å²) >= 11 is 0. The van der Waals surface area contributed by atoms with Gasteiger partial charge in [0.1, 0.15) is 0 Å². The zero-order chi connectivity index (χ0) is 23.4. The standard InChI is InChI=1S/C30H58O2/c1-3-5-7-9-11-13-15-16-17-19-21-23-25-27-29-32-30(31)28-26-24-22-20-18-14-12-10-8-6-4-2/h8,10H,3-7,9,11-29H2,1-2H3/b10-8-. The molecule has 0 rings (SSSR count). The van der Waals surface area contributed by atoms with E-state index in [2.05, 4.69) is 26.0 Å². The van der Waals surface area contributed by atoms with Crippen LogP contribution in [0, 0.1) is 0 Å². The molecule has 0 atom stereocenters. The van der Waals surface area contributed by atoms with Crippen LogP contribution in [0.5, 0.6) is 0 Å². The molecule has 0 amide bonds. The fourth-order valence-electron chi connectivity index (χ4n) is 4.20. The Morgan fingerprint density at radius 1 is 0.500 bits per heavy atom. The maximum atomic E-state index is 11.8. The Morgan fingerprint density at radius 3 is 1.47 bits per heavy atom. The van der Waals surface area contributed by atoms with E-state index in [1.54, 1.807) is 0 Å². The highest BCUT2D eigenvalue weighted by Crippen LogP contribution is 2.13. The quantitative estimate of drug-likeness (QED) is 0.0744. The van der Waals surface area contributed by atoms with E-state index in [0.29, 0.717) is 13.0 Å². The molecule has 0 unspecified atom stereocenters. The van der Waals surface area contributed by atoms with Crippen LogP contribution in [-0.2, 0) is 9.53 Å². The van der Waals surface area contributed by atoms with Crippen LogP contribution in [0.2, 0.25) is 0 Å². The lowest BCUT2D eigenvalue weighted by molar-refractivity contribution is -0.143. The molecule has 32 heavy (non-hydrogen) atoms. The normalized spacial score (nSPS) is 11.4. The molecule has 0 aliphatic carbocycles. The molecule has 0 saturated carbocycles. The number of unbranched alkanes of at least 4 members (excludes halogenated alkanes) is 20. The van der Waals surface area contributed by atoms with Gasteiger partial charge in [-0.2, -0.15) is 0 Å². The minimum atomic E-state index is 0.0146. The third-order valence-electron chi connectivity index (χ3n) is 6.38. The van der Waals surface area contributed by atoms with Crippen LogP contribution in [0.15, 0.2) is 12.2 Å². The van der Waals surface area contributed by atoms with Crippen molar-refractivity contribution in [2.45, 2.75) is 168 Å². The largest absolute Gasteiger partial charge is 0.466 e. The van der Waals surface area contributed by atoms with Crippen molar-refractivity contribution < 1.29 is 9.53 Å². The van der Waals surface area contributed by atoms with Crippen molar-refractivity contribution in [2.75, 3.05) is 6.61 Å². The fraction of sp³-hybridized carbons (Fsp3) is 0.900. The molecule has 0 aromatic heterocycles. The lowest BCUT2D eigenvalue weighted by Crippen LogP contribution is -2.05. The van der Waals surface area contributed by atoms with Crippen molar-refractivity contribution in [1.82, 2.24) is 0 Å². The lowest BCUT2D eigenvalue weighted by Gasteiger charge is -2.05. The Balaban J connectivity index is 3.16. The van der Waals surface area contributed by atoms with E-state index in [9.17, 15) is 4.79 Å². The summed E-state index contributed by atoms with van der Waals surface area (Å²) in [4.78, 5) is 11.8. The van der Waals surface area contributed by atoms with E-state index in [1.165, 1.54) is 135 Å². The third kappa shape index (κ3) is 27.2. The van der Waals surface area contributed by atoms with Gasteiger partial charge in [0, 0.05) is 6.42 Å². The molecule has 0 fully saturated rings. The smallest absolute Gasteiger partial charge is 0.305 e. The molecule has 0 aliphatic heterocycles. The minimum Gasteiger partial charge on any atom is -0.466 e. The van der Waals surface area contributed by atoms with Crippen molar-refractivity contribution >= 4 is 5.97 Å². The summed E-state index contributed by atoms with van der Waals surface area (Å²) in [6.45, 7) is 5.13. The van der Waals surface area contributed by atoms with Crippen molar-refractivity contribution in [1.29, 1.82) is 0 Å². The predicted octanol–water partition coefficient (Wildman–Crippen LogP) is 10.5. The maximum Gasteiger partial charge on any atom is 0.305 e.